The van der Waals surface area contributed by atoms with Crippen LogP contribution in [0.3, 0.4) is 0 Å². The smallest absolute Gasteiger partial charge is 0.253 e. The predicted molar refractivity (Wildman–Crippen MR) is 106 cm³/mol. The molecule has 1 amide bonds. The van der Waals surface area contributed by atoms with Crippen LogP contribution < -0.4 is 10.2 Å². The van der Waals surface area contributed by atoms with Crippen LogP contribution in [-0.2, 0) is 13.0 Å². The molecule has 3 aromatic rings. The van der Waals surface area contributed by atoms with Crippen LogP contribution in [0.5, 0.6) is 0 Å². The first-order valence-corrected chi connectivity index (χ1v) is 9.52. The van der Waals surface area contributed by atoms with Gasteiger partial charge < -0.3 is 10.2 Å². The van der Waals surface area contributed by atoms with Crippen molar-refractivity contribution in [2.75, 3.05) is 18.0 Å². The zero-order valence-electron chi connectivity index (χ0n) is 15.8. The Bertz CT molecular complexity index is 966. The largest absolute Gasteiger partial charge is 0.346 e. The van der Waals surface area contributed by atoms with E-state index in [2.05, 4.69) is 30.2 Å². The van der Waals surface area contributed by atoms with E-state index in [0.717, 1.165) is 37.2 Å². The van der Waals surface area contributed by atoms with Crippen molar-refractivity contribution in [3.05, 3.63) is 77.9 Å². The van der Waals surface area contributed by atoms with Crippen molar-refractivity contribution in [3.63, 3.8) is 0 Å². The molecular weight excluding hydrogens is 371 g/mol. The van der Waals surface area contributed by atoms with E-state index in [0.29, 0.717) is 24.0 Å². The van der Waals surface area contributed by atoms with Gasteiger partial charge in [0.2, 0.25) is 5.95 Å². The second-order valence-corrected chi connectivity index (χ2v) is 7.09. The Morgan fingerprint density at radius 2 is 2.03 bits per heavy atom. The van der Waals surface area contributed by atoms with Gasteiger partial charge in [0.15, 0.2) is 5.82 Å². The number of nitrogens with zero attached hydrogens (tertiary/aromatic N) is 5. The molecule has 1 atom stereocenters. The van der Waals surface area contributed by atoms with Crippen molar-refractivity contribution >= 4 is 11.9 Å². The first kappa shape index (κ1) is 18.9. The van der Waals surface area contributed by atoms with E-state index in [4.69, 9.17) is 0 Å². The SMILES string of the molecule is O=C(NCc1ccccn1)c1cncc(CC2CCN(c3ncc(F)cn3)C2)c1. The van der Waals surface area contributed by atoms with E-state index in [-0.39, 0.29) is 5.91 Å². The van der Waals surface area contributed by atoms with Gasteiger partial charge in [-0.25, -0.2) is 14.4 Å². The predicted octanol–water partition coefficient (Wildman–Crippen LogP) is 2.40. The highest BCUT2D eigenvalue weighted by Gasteiger charge is 2.24. The van der Waals surface area contributed by atoms with Crippen molar-refractivity contribution in [1.82, 2.24) is 25.3 Å². The molecule has 0 saturated carbocycles. The summed E-state index contributed by atoms with van der Waals surface area (Å²) in [4.78, 5) is 31.0. The lowest BCUT2D eigenvalue weighted by molar-refractivity contribution is 0.0950. The molecule has 29 heavy (non-hydrogen) atoms. The molecule has 3 aromatic heterocycles. The molecule has 1 aliphatic heterocycles. The first-order chi connectivity index (χ1) is 14.2. The van der Waals surface area contributed by atoms with Gasteiger partial charge in [0, 0.05) is 31.7 Å². The molecule has 1 aliphatic rings. The van der Waals surface area contributed by atoms with Crippen LogP contribution in [0.2, 0.25) is 0 Å². The lowest BCUT2D eigenvalue weighted by Gasteiger charge is -2.16. The monoisotopic (exact) mass is 392 g/mol. The van der Waals surface area contributed by atoms with Crippen LogP contribution in [-0.4, -0.2) is 38.9 Å². The molecule has 0 bridgehead atoms. The Labute approximate surface area is 168 Å². The molecule has 7 nitrogen and oxygen atoms in total. The van der Waals surface area contributed by atoms with E-state index in [1.807, 2.05) is 24.3 Å². The minimum Gasteiger partial charge on any atom is -0.346 e. The number of amides is 1. The lowest BCUT2D eigenvalue weighted by atomic mass is 9.99. The van der Waals surface area contributed by atoms with E-state index >= 15 is 0 Å². The maximum absolute atomic E-state index is 13.0. The normalized spacial score (nSPS) is 16.0. The third kappa shape index (κ3) is 4.90. The number of carbonyl (C=O) groups is 1. The molecule has 4 rings (SSSR count). The summed E-state index contributed by atoms with van der Waals surface area (Å²) in [5.74, 6) is 0.346. The molecule has 0 radical (unpaired) electrons. The summed E-state index contributed by atoms with van der Waals surface area (Å²) in [5, 5.41) is 2.87. The second-order valence-electron chi connectivity index (χ2n) is 7.09. The highest BCUT2D eigenvalue weighted by molar-refractivity contribution is 5.93. The maximum atomic E-state index is 13.0. The molecule has 1 N–H and O–H groups in total. The molecule has 4 heterocycles. The van der Waals surface area contributed by atoms with Gasteiger partial charge in [-0.3, -0.25) is 14.8 Å². The standard InChI is InChI=1S/C21H21FN6O/c22-18-11-26-21(27-12-18)28-6-4-15(14-28)7-16-8-17(10-23-9-16)20(29)25-13-19-3-1-2-5-24-19/h1-3,5,8-12,15H,4,6-7,13-14H2,(H,25,29). The van der Waals surface area contributed by atoms with Crippen molar-refractivity contribution < 1.29 is 9.18 Å². The number of nitrogens with one attached hydrogen (secondary N) is 1. The van der Waals surface area contributed by atoms with Crippen LogP contribution in [0.4, 0.5) is 10.3 Å². The van der Waals surface area contributed by atoms with Crippen molar-refractivity contribution in [1.29, 1.82) is 0 Å². The number of rotatable bonds is 6. The van der Waals surface area contributed by atoms with Gasteiger partial charge in [-0.15, -0.1) is 0 Å². The Morgan fingerprint density at radius 3 is 2.83 bits per heavy atom. The van der Waals surface area contributed by atoms with Crippen LogP contribution in [0, 0.1) is 11.7 Å². The van der Waals surface area contributed by atoms with Crippen LogP contribution in [0.25, 0.3) is 0 Å². The Hall–Kier alpha value is -3.42. The van der Waals surface area contributed by atoms with Crippen molar-refractivity contribution in [2.45, 2.75) is 19.4 Å². The molecule has 0 spiro atoms. The first-order valence-electron chi connectivity index (χ1n) is 9.52. The van der Waals surface area contributed by atoms with Crippen molar-refractivity contribution in [2.24, 2.45) is 5.92 Å². The summed E-state index contributed by atoms with van der Waals surface area (Å²) in [5.41, 5.74) is 2.36. The van der Waals surface area contributed by atoms with E-state index in [9.17, 15) is 9.18 Å². The van der Waals surface area contributed by atoms with Crippen LogP contribution in [0.1, 0.15) is 28.0 Å². The topological polar surface area (TPSA) is 83.9 Å². The number of aromatic nitrogens is 4. The number of hydrogen-bond acceptors (Lipinski definition) is 6. The maximum Gasteiger partial charge on any atom is 0.253 e. The highest BCUT2D eigenvalue weighted by atomic mass is 19.1. The molecule has 1 saturated heterocycles. The zero-order valence-corrected chi connectivity index (χ0v) is 15.8. The fourth-order valence-corrected chi connectivity index (χ4v) is 3.48. The van der Waals surface area contributed by atoms with E-state index < -0.39 is 5.82 Å². The van der Waals surface area contributed by atoms with Gasteiger partial charge in [0.05, 0.1) is 30.2 Å². The average Bonchev–Trinajstić information content (AvgIpc) is 3.22. The van der Waals surface area contributed by atoms with Crippen LogP contribution >= 0.6 is 0 Å². The van der Waals surface area contributed by atoms with E-state index in [1.165, 1.54) is 12.4 Å². The second kappa shape index (κ2) is 8.72. The molecule has 8 heteroatoms. The summed E-state index contributed by atoms with van der Waals surface area (Å²) in [7, 11) is 0. The fourth-order valence-electron chi connectivity index (χ4n) is 3.48. The minimum absolute atomic E-state index is 0.169. The molecule has 148 valence electrons. The van der Waals surface area contributed by atoms with Gasteiger partial charge >= 0.3 is 0 Å². The Balaban J connectivity index is 1.34. The Kier molecular flexibility index (Phi) is 5.69. The summed E-state index contributed by atoms with van der Waals surface area (Å²) in [6.45, 7) is 1.99. The fraction of sp³-hybridized carbons (Fsp3) is 0.286. The molecule has 0 aliphatic carbocycles. The van der Waals surface area contributed by atoms with Gasteiger partial charge in [-0.1, -0.05) is 6.07 Å². The summed E-state index contributed by atoms with van der Waals surface area (Å²) < 4.78 is 13.0. The summed E-state index contributed by atoms with van der Waals surface area (Å²) >= 11 is 0. The quantitative estimate of drug-likeness (QED) is 0.694. The van der Waals surface area contributed by atoms with Gasteiger partial charge in [-0.05, 0) is 42.5 Å². The highest BCUT2D eigenvalue weighted by Crippen LogP contribution is 2.23. The third-order valence-corrected chi connectivity index (χ3v) is 4.91. The number of hydrogen-bond donors (Lipinski definition) is 1. The lowest BCUT2D eigenvalue weighted by Crippen LogP contribution is -2.24. The van der Waals surface area contributed by atoms with E-state index in [1.54, 1.807) is 18.6 Å². The third-order valence-electron chi connectivity index (χ3n) is 4.91. The Morgan fingerprint density at radius 1 is 1.17 bits per heavy atom. The molecule has 1 fully saturated rings. The molecule has 0 aromatic carbocycles. The van der Waals surface area contributed by atoms with Gasteiger partial charge in [-0.2, -0.15) is 0 Å². The minimum atomic E-state index is -0.436. The van der Waals surface area contributed by atoms with Gasteiger partial charge in [0.1, 0.15) is 0 Å². The summed E-state index contributed by atoms with van der Waals surface area (Å²) in [6, 6.07) is 7.48. The van der Waals surface area contributed by atoms with Gasteiger partial charge in [0.25, 0.3) is 5.91 Å². The average molecular weight is 392 g/mol. The van der Waals surface area contributed by atoms with Crippen LogP contribution in [0.15, 0.2) is 55.2 Å². The number of anilines is 1. The number of pyridine rings is 2. The molecule has 1 unspecified atom stereocenters. The zero-order chi connectivity index (χ0) is 20.1. The molecular formula is C21H21FN6O. The summed E-state index contributed by atoms with van der Waals surface area (Å²) in [6.07, 6.45) is 9.24. The number of carbonyl (C=O) groups excluding carboxylic acids is 1. The number of halogens is 1. The van der Waals surface area contributed by atoms with Crippen molar-refractivity contribution in [3.8, 4) is 0 Å².